The zero-order valence-corrected chi connectivity index (χ0v) is 19.5. The quantitative estimate of drug-likeness (QED) is 0.411. The third kappa shape index (κ3) is 4.62. The number of rotatable bonds is 8. The molecule has 0 unspecified atom stereocenters. The van der Waals surface area contributed by atoms with E-state index in [1.165, 1.54) is 34.9 Å². The molecule has 1 N–H and O–H groups in total. The number of ether oxygens (including phenoxy) is 1. The number of fused-ring (bicyclic) bond motifs is 1. The predicted octanol–water partition coefficient (Wildman–Crippen LogP) is 4.55. The van der Waals surface area contributed by atoms with E-state index in [1.807, 2.05) is 35.7 Å². The highest BCUT2D eigenvalue weighted by atomic mass is 32.2. The minimum Gasteiger partial charge on any atom is -0.497 e. The normalized spacial score (nSPS) is 11.8. The summed E-state index contributed by atoms with van der Waals surface area (Å²) in [5.74, 6) is 0.575. The Balaban J connectivity index is 1.75. The number of aromatic amines is 1. The SMILES string of the molecule is CCc1ccc2[nH]c(=O)c(CN(Cc3cccs3)S(=O)(=O)c3ccc(OC)cc3)cc2c1. The highest BCUT2D eigenvalue weighted by molar-refractivity contribution is 7.89. The number of benzene rings is 2. The van der Waals surface area contributed by atoms with Crippen LogP contribution in [0.2, 0.25) is 0 Å². The number of methoxy groups -OCH3 is 1. The van der Waals surface area contributed by atoms with Gasteiger partial charge in [0.25, 0.3) is 5.56 Å². The van der Waals surface area contributed by atoms with Gasteiger partial charge in [-0.05, 0) is 71.3 Å². The number of aryl methyl sites for hydroxylation is 1. The van der Waals surface area contributed by atoms with E-state index in [0.717, 1.165) is 27.8 Å². The maximum atomic E-state index is 13.5. The molecule has 166 valence electrons. The second kappa shape index (κ2) is 9.28. The summed E-state index contributed by atoms with van der Waals surface area (Å²) in [5.41, 5.74) is 2.00. The molecule has 0 amide bonds. The third-order valence-electron chi connectivity index (χ3n) is 5.35. The van der Waals surface area contributed by atoms with Gasteiger partial charge in [0, 0.05) is 29.0 Å². The van der Waals surface area contributed by atoms with Crippen molar-refractivity contribution in [1.29, 1.82) is 0 Å². The number of aromatic nitrogens is 1. The van der Waals surface area contributed by atoms with Crippen LogP contribution in [0.1, 0.15) is 22.9 Å². The van der Waals surface area contributed by atoms with E-state index in [4.69, 9.17) is 4.74 Å². The molecule has 0 radical (unpaired) electrons. The highest BCUT2D eigenvalue weighted by Gasteiger charge is 2.26. The summed E-state index contributed by atoms with van der Waals surface area (Å²) in [4.78, 5) is 16.7. The molecule has 8 heteroatoms. The molecule has 0 aliphatic rings. The smallest absolute Gasteiger partial charge is 0.252 e. The molecular formula is C24H24N2O4S2. The van der Waals surface area contributed by atoms with Crippen LogP contribution in [0.25, 0.3) is 10.9 Å². The molecule has 0 aliphatic heterocycles. The first-order valence-corrected chi connectivity index (χ1v) is 12.5. The van der Waals surface area contributed by atoms with Crippen molar-refractivity contribution in [2.45, 2.75) is 31.3 Å². The maximum Gasteiger partial charge on any atom is 0.252 e. The van der Waals surface area contributed by atoms with E-state index in [-0.39, 0.29) is 23.5 Å². The van der Waals surface area contributed by atoms with E-state index in [9.17, 15) is 13.2 Å². The average Bonchev–Trinajstić information content (AvgIpc) is 3.32. The van der Waals surface area contributed by atoms with Crippen molar-refractivity contribution < 1.29 is 13.2 Å². The van der Waals surface area contributed by atoms with Crippen LogP contribution in [0.15, 0.2) is 75.7 Å². The zero-order valence-electron chi connectivity index (χ0n) is 17.9. The number of nitrogens with one attached hydrogen (secondary N) is 1. The van der Waals surface area contributed by atoms with Gasteiger partial charge in [-0.1, -0.05) is 19.1 Å². The van der Waals surface area contributed by atoms with Crippen molar-refractivity contribution in [1.82, 2.24) is 9.29 Å². The zero-order chi connectivity index (χ0) is 22.7. The first-order chi connectivity index (χ1) is 15.4. The van der Waals surface area contributed by atoms with Gasteiger partial charge in [0.1, 0.15) is 5.75 Å². The first-order valence-electron chi connectivity index (χ1n) is 10.2. The van der Waals surface area contributed by atoms with Crippen LogP contribution in [-0.2, 0) is 29.5 Å². The predicted molar refractivity (Wildman–Crippen MR) is 128 cm³/mol. The van der Waals surface area contributed by atoms with E-state index >= 15 is 0 Å². The molecule has 0 atom stereocenters. The molecule has 4 rings (SSSR count). The van der Waals surface area contributed by atoms with Gasteiger partial charge in [0.2, 0.25) is 10.0 Å². The van der Waals surface area contributed by atoms with Gasteiger partial charge < -0.3 is 9.72 Å². The van der Waals surface area contributed by atoms with E-state index in [1.54, 1.807) is 18.2 Å². The molecule has 0 spiro atoms. The van der Waals surface area contributed by atoms with Crippen molar-refractivity contribution in [2.24, 2.45) is 0 Å². The van der Waals surface area contributed by atoms with Crippen LogP contribution >= 0.6 is 11.3 Å². The van der Waals surface area contributed by atoms with Crippen LogP contribution in [0.5, 0.6) is 5.75 Å². The average molecular weight is 469 g/mol. The fourth-order valence-corrected chi connectivity index (χ4v) is 5.73. The van der Waals surface area contributed by atoms with E-state index < -0.39 is 10.0 Å². The molecule has 2 aromatic carbocycles. The number of hydrogen-bond acceptors (Lipinski definition) is 5. The van der Waals surface area contributed by atoms with Gasteiger partial charge in [0.15, 0.2) is 0 Å². The van der Waals surface area contributed by atoms with E-state index in [0.29, 0.717) is 11.3 Å². The number of H-pyrrole nitrogens is 1. The summed E-state index contributed by atoms with van der Waals surface area (Å²) >= 11 is 1.48. The van der Waals surface area contributed by atoms with Gasteiger partial charge in [-0.2, -0.15) is 4.31 Å². The Bertz CT molecular complexity index is 1380. The van der Waals surface area contributed by atoms with Crippen molar-refractivity contribution in [3.05, 3.63) is 92.4 Å². The lowest BCUT2D eigenvalue weighted by atomic mass is 10.1. The molecule has 32 heavy (non-hydrogen) atoms. The Morgan fingerprint density at radius 1 is 1.03 bits per heavy atom. The van der Waals surface area contributed by atoms with Crippen molar-refractivity contribution >= 4 is 32.3 Å². The van der Waals surface area contributed by atoms with Crippen LogP contribution in [0.3, 0.4) is 0 Å². The van der Waals surface area contributed by atoms with Gasteiger partial charge in [-0.3, -0.25) is 4.79 Å². The Kier molecular flexibility index (Phi) is 6.45. The van der Waals surface area contributed by atoms with E-state index in [2.05, 4.69) is 11.9 Å². The lowest BCUT2D eigenvalue weighted by Crippen LogP contribution is -2.32. The highest BCUT2D eigenvalue weighted by Crippen LogP contribution is 2.25. The lowest BCUT2D eigenvalue weighted by Gasteiger charge is -2.22. The lowest BCUT2D eigenvalue weighted by molar-refractivity contribution is 0.401. The number of nitrogens with zero attached hydrogens (tertiary/aromatic N) is 1. The summed E-state index contributed by atoms with van der Waals surface area (Å²) in [7, 11) is -2.32. The molecule has 6 nitrogen and oxygen atoms in total. The molecule has 0 bridgehead atoms. The monoisotopic (exact) mass is 468 g/mol. The Labute approximate surface area is 191 Å². The second-order valence-electron chi connectivity index (χ2n) is 7.43. The molecule has 0 saturated carbocycles. The van der Waals surface area contributed by atoms with Gasteiger partial charge >= 0.3 is 0 Å². The number of sulfonamides is 1. The summed E-state index contributed by atoms with van der Waals surface area (Å²) < 4.78 is 33.5. The van der Waals surface area contributed by atoms with Crippen molar-refractivity contribution in [3.8, 4) is 5.75 Å². The number of pyridine rings is 1. The number of hydrogen-bond donors (Lipinski definition) is 1. The van der Waals surface area contributed by atoms with Crippen molar-refractivity contribution in [2.75, 3.05) is 7.11 Å². The van der Waals surface area contributed by atoms with Crippen LogP contribution in [-0.4, -0.2) is 24.8 Å². The molecule has 4 aromatic rings. The molecule has 2 aromatic heterocycles. The summed E-state index contributed by atoms with van der Waals surface area (Å²) in [6, 6.07) is 17.7. The fourth-order valence-electron chi connectivity index (χ4n) is 3.53. The van der Waals surface area contributed by atoms with Crippen LogP contribution in [0, 0.1) is 0 Å². The Hall–Kier alpha value is -2.94. The first kappa shape index (κ1) is 22.3. The second-order valence-corrected chi connectivity index (χ2v) is 10.4. The summed E-state index contributed by atoms with van der Waals surface area (Å²) in [6.07, 6.45) is 0.876. The fraction of sp³-hybridized carbons (Fsp3) is 0.208. The molecular weight excluding hydrogens is 444 g/mol. The summed E-state index contributed by atoms with van der Waals surface area (Å²) in [5, 5.41) is 2.79. The van der Waals surface area contributed by atoms with Crippen LogP contribution < -0.4 is 10.3 Å². The molecule has 2 heterocycles. The minimum absolute atomic E-state index is 0.0338. The third-order valence-corrected chi connectivity index (χ3v) is 8.02. The molecule has 0 saturated heterocycles. The Morgan fingerprint density at radius 2 is 1.81 bits per heavy atom. The largest absolute Gasteiger partial charge is 0.497 e. The molecule has 0 fully saturated rings. The Morgan fingerprint density at radius 3 is 2.47 bits per heavy atom. The maximum absolute atomic E-state index is 13.5. The van der Waals surface area contributed by atoms with Gasteiger partial charge in [-0.15, -0.1) is 11.3 Å². The standard InChI is InChI=1S/C24H24N2O4S2/c1-3-17-6-11-23-18(13-17)14-19(24(27)25-23)15-26(16-21-5-4-12-31-21)32(28,29)22-9-7-20(30-2)8-10-22/h4-14H,3,15-16H2,1-2H3,(H,25,27). The topological polar surface area (TPSA) is 79.5 Å². The van der Waals surface area contributed by atoms with Gasteiger partial charge in [-0.25, -0.2) is 8.42 Å². The summed E-state index contributed by atoms with van der Waals surface area (Å²) in [6.45, 7) is 2.21. The number of thiophene rings is 1. The van der Waals surface area contributed by atoms with Crippen molar-refractivity contribution in [3.63, 3.8) is 0 Å². The molecule has 0 aliphatic carbocycles. The van der Waals surface area contributed by atoms with Gasteiger partial charge in [0.05, 0.1) is 12.0 Å². The van der Waals surface area contributed by atoms with Crippen LogP contribution in [0.4, 0.5) is 0 Å². The minimum atomic E-state index is -3.85.